The van der Waals surface area contributed by atoms with E-state index in [4.69, 9.17) is 4.42 Å². The Bertz CT molecular complexity index is 971. The molecule has 0 fully saturated rings. The second kappa shape index (κ2) is 7.22. The zero-order chi connectivity index (χ0) is 18.7. The number of carbonyl (C=O) groups excluding carboxylic acids is 2. The molecule has 2 N–H and O–H groups in total. The number of hydrogen-bond donors (Lipinski definition) is 2. The molecule has 8 nitrogen and oxygen atoms in total. The molecule has 0 aliphatic heterocycles. The van der Waals surface area contributed by atoms with Gasteiger partial charge in [0.05, 0.1) is 18.3 Å². The molecule has 3 aromatic rings. The van der Waals surface area contributed by atoms with Crippen molar-refractivity contribution in [1.82, 2.24) is 9.88 Å². The highest BCUT2D eigenvalue weighted by molar-refractivity contribution is 6.35. The SMILES string of the molecule is CC(C)n1c(O)c(N=NC(=O)C(=O)NCc2ccco2)c2ccccc21. The molecule has 0 saturated carbocycles. The number of azo groups is 1. The van der Waals surface area contributed by atoms with Crippen LogP contribution in [0, 0.1) is 0 Å². The van der Waals surface area contributed by atoms with Gasteiger partial charge >= 0.3 is 11.8 Å². The Morgan fingerprint density at radius 1 is 1.23 bits per heavy atom. The third-order valence-electron chi connectivity index (χ3n) is 3.81. The lowest BCUT2D eigenvalue weighted by Crippen LogP contribution is -2.28. The summed E-state index contributed by atoms with van der Waals surface area (Å²) in [5, 5.41) is 20.8. The summed E-state index contributed by atoms with van der Waals surface area (Å²) in [6.07, 6.45) is 1.47. The van der Waals surface area contributed by atoms with Gasteiger partial charge in [-0.1, -0.05) is 18.2 Å². The molecule has 2 amide bonds. The predicted molar refractivity (Wildman–Crippen MR) is 94.1 cm³/mol. The molecule has 2 heterocycles. The maximum atomic E-state index is 11.9. The minimum Gasteiger partial charge on any atom is -0.493 e. The van der Waals surface area contributed by atoms with Crippen molar-refractivity contribution in [3.63, 3.8) is 0 Å². The highest BCUT2D eigenvalue weighted by Gasteiger charge is 2.19. The average Bonchev–Trinajstić information content (AvgIpc) is 3.23. The number of rotatable bonds is 4. The van der Waals surface area contributed by atoms with E-state index in [1.54, 1.807) is 28.8 Å². The molecule has 2 aromatic heterocycles. The minimum atomic E-state index is -1.06. The Hall–Kier alpha value is -3.42. The summed E-state index contributed by atoms with van der Waals surface area (Å²) in [7, 11) is 0. The van der Waals surface area contributed by atoms with Crippen LogP contribution in [0.3, 0.4) is 0 Å². The van der Waals surface area contributed by atoms with Crippen molar-refractivity contribution in [2.24, 2.45) is 10.2 Å². The van der Waals surface area contributed by atoms with Crippen LogP contribution in [0.25, 0.3) is 10.9 Å². The third kappa shape index (κ3) is 3.34. The standard InChI is InChI=1S/C18H18N4O4/c1-11(2)22-14-8-4-3-7-13(14)15(18(22)25)20-21-17(24)16(23)19-10-12-6-5-9-26-12/h3-9,11,25H,10H2,1-2H3,(H,19,23). The van der Waals surface area contributed by atoms with Crippen molar-refractivity contribution in [1.29, 1.82) is 0 Å². The number of aromatic hydroxyl groups is 1. The predicted octanol–water partition coefficient (Wildman–Crippen LogP) is 3.45. The van der Waals surface area contributed by atoms with Gasteiger partial charge in [-0.15, -0.1) is 10.2 Å². The fraction of sp³-hybridized carbons (Fsp3) is 0.222. The van der Waals surface area contributed by atoms with E-state index in [2.05, 4.69) is 15.5 Å². The Morgan fingerprint density at radius 3 is 2.69 bits per heavy atom. The first-order chi connectivity index (χ1) is 12.5. The summed E-state index contributed by atoms with van der Waals surface area (Å²) < 4.78 is 6.75. The summed E-state index contributed by atoms with van der Waals surface area (Å²) in [5.41, 5.74) is 0.921. The normalized spacial score (nSPS) is 11.5. The molecule has 0 atom stereocenters. The van der Waals surface area contributed by atoms with Crippen LogP contribution in [0.2, 0.25) is 0 Å². The van der Waals surface area contributed by atoms with Crippen molar-refractivity contribution < 1.29 is 19.1 Å². The number of fused-ring (bicyclic) bond motifs is 1. The number of carbonyl (C=O) groups is 2. The Balaban J connectivity index is 1.80. The minimum absolute atomic E-state index is 0.0175. The second-order valence-electron chi connectivity index (χ2n) is 5.92. The average molecular weight is 354 g/mol. The number of benzene rings is 1. The Kier molecular flexibility index (Phi) is 4.83. The summed E-state index contributed by atoms with van der Waals surface area (Å²) in [4.78, 5) is 23.7. The summed E-state index contributed by atoms with van der Waals surface area (Å²) >= 11 is 0. The highest BCUT2D eigenvalue weighted by Crippen LogP contribution is 2.40. The van der Waals surface area contributed by atoms with Gasteiger partial charge in [0.2, 0.25) is 5.88 Å². The van der Waals surface area contributed by atoms with Gasteiger partial charge in [-0.25, -0.2) is 0 Å². The van der Waals surface area contributed by atoms with E-state index in [9.17, 15) is 14.7 Å². The lowest BCUT2D eigenvalue weighted by atomic mass is 10.2. The van der Waals surface area contributed by atoms with E-state index < -0.39 is 11.8 Å². The van der Waals surface area contributed by atoms with Crippen molar-refractivity contribution in [2.75, 3.05) is 0 Å². The number of furan rings is 1. The van der Waals surface area contributed by atoms with Crippen LogP contribution in [-0.2, 0) is 16.1 Å². The lowest BCUT2D eigenvalue weighted by molar-refractivity contribution is -0.137. The molecule has 8 heteroatoms. The number of aromatic nitrogens is 1. The van der Waals surface area contributed by atoms with Crippen molar-refractivity contribution in [3.05, 3.63) is 48.4 Å². The van der Waals surface area contributed by atoms with Crippen LogP contribution >= 0.6 is 0 Å². The smallest absolute Gasteiger partial charge is 0.353 e. The van der Waals surface area contributed by atoms with Gasteiger partial charge < -0.3 is 19.4 Å². The molecule has 134 valence electrons. The second-order valence-corrected chi connectivity index (χ2v) is 5.92. The van der Waals surface area contributed by atoms with Gasteiger partial charge in [0.1, 0.15) is 5.76 Å². The topological polar surface area (TPSA) is 109 Å². The van der Waals surface area contributed by atoms with E-state index in [1.165, 1.54) is 6.26 Å². The van der Waals surface area contributed by atoms with Crippen molar-refractivity contribution in [3.8, 4) is 5.88 Å². The van der Waals surface area contributed by atoms with Gasteiger partial charge in [-0.2, -0.15) is 0 Å². The molecule has 0 aliphatic rings. The molecule has 1 aromatic carbocycles. The van der Waals surface area contributed by atoms with Gasteiger partial charge in [-0.3, -0.25) is 9.59 Å². The first kappa shape index (κ1) is 17.4. The van der Waals surface area contributed by atoms with Crippen molar-refractivity contribution in [2.45, 2.75) is 26.4 Å². The number of para-hydroxylation sites is 1. The van der Waals surface area contributed by atoms with Crippen LogP contribution in [0.5, 0.6) is 5.88 Å². The summed E-state index contributed by atoms with van der Waals surface area (Å²) in [6.45, 7) is 3.91. The summed E-state index contributed by atoms with van der Waals surface area (Å²) in [6, 6.07) is 10.6. The first-order valence-corrected chi connectivity index (χ1v) is 8.07. The number of amides is 2. The van der Waals surface area contributed by atoms with Gasteiger partial charge in [0.25, 0.3) is 0 Å². The molecule has 0 bridgehead atoms. The lowest BCUT2D eigenvalue weighted by Gasteiger charge is -2.10. The Morgan fingerprint density at radius 2 is 2.00 bits per heavy atom. The van der Waals surface area contributed by atoms with Crippen LogP contribution < -0.4 is 5.32 Å². The first-order valence-electron chi connectivity index (χ1n) is 8.07. The maximum absolute atomic E-state index is 11.9. The van der Waals surface area contributed by atoms with Crippen LogP contribution in [0.1, 0.15) is 25.6 Å². The highest BCUT2D eigenvalue weighted by atomic mass is 16.3. The van der Waals surface area contributed by atoms with Gasteiger partial charge in [-0.05, 0) is 32.0 Å². The molecule has 0 spiro atoms. The fourth-order valence-electron chi connectivity index (χ4n) is 2.65. The van der Waals surface area contributed by atoms with E-state index in [1.807, 2.05) is 26.0 Å². The fourth-order valence-corrected chi connectivity index (χ4v) is 2.65. The number of hydrogen-bond acceptors (Lipinski definition) is 5. The van der Waals surface area contributed by atoms with E-state index in [0.717, 1.165) is 5.52 Å². The zero-order valence-electron chi connectivity index (χ0n) is 14.3. The largest absolute Gasteiger partial charge is 0.493 e. The van der Waals surface area contributed by atoms with E-state index in [-0.39, 0.29) is 24.2 Å². The van der Waals surface area contributed by atoms with Gasteiger partial charge in [0.15, 0.2) is 5.69 Å². The molecule has 0 unspecified atom stereocenters. The Labute approximate surface area is 149 Å². The van der Waals surface area contributed by atoms with Crippen LogP contribution in [0.4, 0.5) is 5.69 Å². The molecule has 26 heavy (non-hydrogen) atoms. The van der Waals surface area contributed by atoms with E-state index >= 15 is 0 Å². The van der Waals surface area contributed by atoms with Crippen LogP contribution in [-0.4, -0.2) is 21.5 Å². The molecule has 0 radical (unpaired) electrons. The molecule has 3 rings (SSSR count). The quantitative estimate of drug-likeness (QED) is 0.552. The molecular weight excluding hydrogens is 336 g/mol. The zero-order valence-corrected chi connectivity index (χ0v) is 14.3. The monoisotopic (exact) mass is 354 g/mol. The molecule has 0 saturated heterocycles. The number of nitrogens with one attached hydrogen (secondary N) is 1. The third-order valence-corrected chi connectivity index (χ3v) is 3.81. The van der Waals surface area contributed by atoms with Gasteiger partial charge in [0, 0.05) is 11.4 Å². The maximum Gasteiger partial charge on any atom is 0.353 e. The van der Waals surface area contributed by atoms with E-state index in [0.29, 0.717) is 11.1 Å². The molecular formula is C18H18N4O4. The number of nitrogens with zero attached hydrogens (tertiary/aromatic N) is 3. The van der Waals surface area contributed by atoms with Crippen LogP contribution in [0.15, 0.2) is 57.3 Å². The summed E-state index contributed by atoms with van der Waals surface area (Å²) in [5.74, 6) is -1.55. The molecule has 0 aliphatic carbocycles. The van der Waals surface area contributed by atoms with Crippen molar-refractivity contribution >= 4 is 28.4 Å².